The monoisotopic (exact) mass is 349 g/mol. The molecule has 142 valence electrons. The Balaban J connectivity index is 1.23. The number of hydrogen-bond donors (Lipinski definition) is 0. The van der Waals surface area contributed by atoms with Gasteiger partial charge in [0.25, 0.3) is 0 Å². The minimum atomic E-state index is 0.393. The standard InChI is InChI=1S/C20H35N3O2/c24-20(23-9-3-6-17-5-1-2-8-19(17)23)16-22-12-10-21(11-13-22)15-18-7-4-14-25-18/h17-19H,1-16H2. The van der Waals surface area contributed by atoms with Crippen molar-refractivity contribution in [2.45, 2.75) is 63.5 Å². The van der Waals surface area contributed by atoms with Gasteiger partial charge in [-0.2, -0.15) is 0 Å². The number of likely N-dealkylation sites (tertiary alicyclic amines) is 1. The van der Waals surface area contributed by atoms with Crippen LogP contribution in [0.2, 0.25) is 0 Å². The highest BCUT2D eigenvalue weighted by Gasteiger charge is 2.36. The summed E-state index contributed by atoms with van der Waals surface area (Å²) in [5, 5.41) is 0. The van der Waals surface area contributed by atoms with Crippen LogP contribution < -0.4 is 0 Å². The predicted molar refractivity (Wildman–Crippen MR) is 98.5 cm³/mol. The van der Waals surface area contributed by atoms with Crippen LogP contribution in [0, 0.1) is 5.92 Å². The summed E-state index contributed by atoms with van der Waals surface area (Å²) in [5.74, 6) is 1.18. The van der Waals surface area contributed by atoms with E-state index >= 15 is 0 Å². The molecule has 3 atom stereocenters. The Hall–Kier alpha value is -0.650. The van der Waals surface area contributed by atoms with Crippen molar-refractivity contribution in [2.24, 2.45) is 5.92 Å². The maximum absolute atomic E-state index is 12.9. The maximum atomic E-state index is 12.9. The Morgan fingerprint density at radius 2 is 1.60 bits per heavy atom. The summed E-state index contributed by atoms with van der Waals surface area (Å²) in [6.45, 7) is 7.88. The third kappa shape index (κ3) is 4.37. The van der Waals surface area contributed by atoms with Gasteiger partial charge in [0, 0.05) is 51.9 Å². The molecule has 0 bridgehead atoms. The normalized spacial score (nSPS) is 34.9. The average molecular weight is 350 g/mol. The lowest BCUT2D eigenvalue weighted by Crippen LogP contribution is -2.55. The number of fused-ring (bicyclic) bond motifs is 1. The second kappa shape index (κ2) is 8.36. The molecule has 3 saturated heterocycles. The molecular weight excluding hydrogens is 314 g/mol. The van der Waals surface area contributed by atoms with Gasteiger partial charge in [-0.15, -0.1) is 0 Å². The summed E-state index contributed by atoms with van der Waals surface area (Å²) >= 11 is 0. The van der Waals surface area contributed by atoms with Gasteiger partial charge in [-0.05, 0) is 44.4 Å². The van der Waals surface area contributed by atoms with Crippen molar-refractivity contribution >= 4 is 5.91 Å². The van der Waals surface area contributed by atoms with E-state index in [2.05, 4.69) is 14.7 Å². The Morgan fingerprint density at radius 1 is 0.840 bits per heavy atom. The van der Waals surface area contributed by atoms with E-state index in [9.17, 15) is 4.79 Å². The summed E-state index contributed by atoms with van der Waals surface area (Å²) in [4.78, 5) is 20.1. The van der Waals surface area contributed by atoms with Gasteiger partial charge in [0.2, 0.25) is 5.91 Å². The van der Waals surface area contributed by atoms with Gasteiger partial charge < -0.3 is 9.64 Å². The lowest BCUT2D eigenvalue weighted by atomic mass is 9.78. The minimum Gasteiger partial charge on any atom is -0.377 e. The van der Waals surface area contributed by atoms with Crippen LogP contribution in [0.3, 0.4) is 0 Å². The number of nitrogens with zero attached hydrogens (tertiary/aromatic N) is 3. The van der Waals surface area contributed by atoms with E-state index in [1.54, 1.807) is 0 Å². The molecular formula is C20H35N3O2. The molecule has 4 aliphatic rings. The fraction of sp³-hybridized carbons (Fsp3) is 0.950. The van der Waals surface area contributed by atoms with Crippen LogP contribution >= 0.6 is 0 Å². The quantitative estimate of drug-likeness (QED) is 0.777. The lowest BCUT2D eigenvalue weighted by Gasteiger charge is -2.45. The zero-order chi connectivity index (χ0) is 17.1. The zero-order valence-electron chi connectivity index (χ0n) is 15.7. The number of carbonyl (C=O) groups excluding carboxylic acids is 1. The molecule has 0 aromatic heterocycles. The SMILES string of the molecule is O=C(CN1CCN(CC2CCCO2)CC1)N1CCCC2CCCCC21. The maximum Gasteiger partial charge on any atom is 0.237 e. The Labute approximate surface area is 152 Å². The summed E-state index contributed by atoms with van der Waals surface area (Å²) in [6.07, 6.45) is 10.7. The molecule has 3 unspecified atom stereocenters. The molecule has 0 spiro atoms. The predicted octanol–water partition coefficient (Wildman–Crippen LogP) is 1.96. The molecule has 1 saturated carbocycles. The highest BCUT2D eigenvalue weighted by Crippen LogP contribution is 2.35. The summed E-state index contributed by atoms with van der Waals surface area (Å²) in [5.41, 5.74) is 0. The Morgan fingerprint density at radius 3 is 2.40 bits per heavy atom. The molecule has 0 aromatic rings. The first kappa shape index (κ1) is 17.7. The van der Waals surface area contributed by atoms with E-state index in [0.29, 0.717) is 24.6 Å². The second-order valence-corrected chi connectivity index (χ2v) is 8.55. The van der Waals surface area contributed by atoms with Crippen LogP contribution in [-0.4, -0.2) is 85.2 Å². The average Bonchev–Trinajstić information content (AvgIpc) is 3.16. The van der Waals surface area contributed by atoms with E-state index < -0.39 is 0 Å². The molecule has 4 fully saturated rings. The van der Waals surface area contributed by atoms with E-state index in [-0.39, 0.29) is 0 Å². The van der Waals surface area contributed by atoms with E-state index in [1.807, 2.05) is 0 Å². The largest absolute Gasteiger partial charge is 0.377 e. The number of piperidine rings is 1. The van der Waals surface area contributed by atoms with Gasteiger partial charge in [0.15, 0.2) is 0 Å². The van der Waals surface area contributed by atoms with Gasteiger partial charge >= 0.3 is 0 Å². The van der Waals surface area contributed by atoms with Crippen LogP contribution in [0.15, 0.2) is 0 Å². The molecule has 0 radical (unpaired) electrons. The second-order valence-electron chi connectivity index (χ2n) is 8.55. The molecule has 3 aliphatic heterocycles. The summed E-state index contributed by atoms with van der Waals surface area (Å²) in [6, 6.07) is 0.552. The number of carbonyl (C=O) groups is 1. The van der Waals surface area contributed by atoms with E-state index in [1.165, 1.54) is 51.4 Å². The molecule has 5 heteroatoms. The third-order valence-corrected chi connectivity index (χ3v) is 6.87. The minimum absolute atomic E-state index is 0.393. The molecule has 0 N–H and O–H groups in total. The topological polar surface area (TPSA) is 36.0 Å². The summed E-state index contributed by atoms with van der Waals surface area (Å²) < 4.78 is 5.76. The fourth-order valence-electron chi connectivity index (χ4n) is 5.42. The van der Waals surface area contributed by atoms with Crippen molar-refractivity contribution in [3.8, 4) is 0 Å². The van der Waals surface area contributed by atoms with Crippen LogP contribution in [0.1, 0.15) is 51.4 Å². The van der Waals surface area contributed by atoms with Crippen molar-refractivity contribution in [1.29, 1.82) is 0 Å². The molecule has 25 heavy (non-hydrogen) atoms. The van der Waals surface area contributed by atoms with Crippen molar-refractivity contribution in [3.63, 3.8) is 0 Å². The van der Waals surface area contributed by atoms with Gasteiger partial charge in [0.1, 0.15) is 0 Å². The Bertz CT molecular complexity index is 442. The first-order valence-electron chi connectivity index (χ1n) is 10.7. The van der Waals surface area contributed by atoms with Gasteiger partial charge in [-0.25, -0.2) is 0 Å². The van der Waals surface area contributed by atoms with Crippen LogP contribution in [0.4, 0.5) is 0 Å². The van der Waals surface area contributed by atoms with Gasteiger partial charge in [-0.1, -0.05) is 12.8 Å². The highest BCUT2D eigenvalue weighted by atomic mass is 16.5. The van der Waals surface area contributed by atoms with Crippen molar-refractivity contribution < 1.29 is 9.53 Å². The van der Waals surface area contributed by atoms with E-state index in [0.717, 1.165) is 51.8 Å². The first-order chi connectivity index (χ1) is 12.3. The van der Waals surface area contributed by atoms with Crippen molar-refractivity contribution in [2.75, 3.05) is 52.4 Å². The van der Waals surface area contributed by atoms with Gasteiger partial charge in [0.05, 0.1) is 12.6 Å². The lowest BCUT2D eigenvalue weighted by molar-refractivity contribution is -0.139. The fourth-order valence-corrected chi connectivity index (χ4v) is 5.42. The van der Waals surface area contributed by atoms with Crippen LogP contribution in [-0.2, 0) is 9.53 Å². The smallest absolute Gasteiger partial charge is 0.237 e. The number of hydrogen-bond acceptors (Lipinski definition) is 4. The molecule has 1 amide bonds. The number of amides is 1. The first-order valence-corrected chi connectivity index (χ1v) is 10.7. The highest BCUT2D eigenvalue weighted by molar-refractivity contribution is 5.78. The number of piperazine rings is 1. The summed E-state index contributed by atoms with van der Waals surface area (Å²) in [7, 11) is 0. The van der Waals surface area contributed by atoms with E-state index in [4.69, 9.17) is 4.74 Å². The molecule has 4 rings (SSSR count). The number of rotatable bonds is 4. The zero-order valence-corrected chi connectivity index (χ0v) is 15.7. The molecule has 1 aliphatic carbocycles. The van der Waals surface area contributed by atoms with Crippen LogP contribution in [0.5, 0.6) is 0 Å². The Kier molecular flexibility index (Phi) is 5.94. The third-order valence-electron chi connectivity index (χ3n) is 6.87. The molecule has 5 nitrogen and oxygen atoms in total. The molecule has 0 aromatic carbocycles. The number of ether oxygens (including phenoxy) is 1. The van der Waals surface area contributed by atoms with Crippen LogP contribution in [0.25, 0.3) is 0 Å². The molecule has 3 heterocycles. The van der Waals surface area contributed by atoms with Crippen molar-refractivity contribution in [3.05, 3.63) is 0 Å². The van der Waals surface area contributed by atoms with Gasteiger partial charge in [-0.3, -0.25) is 14.6 Å². The van der Waals surface area contributed by atoms with Crippen molar-refractivity contribution in [1.82, 2.24) is 14.7 Å².